The Morgan fingerprint density at radius 2 is 1.69 bits per heavy atom. The maximum Gasteiger partial charge on any atom is 0.573 e. The van der Waals surface area contributed by atoms with Crippen molar-refractivity contribution in [3.05, 3.63) is 71.9 Å². The minimum Gasteiger partial charge on any atom is -0.457 e. The maximum absolute atomic E-state index is 12.4. The van der Waals surface area contributed by atoms with Gasteiger partial charge in [-0.3, -0.25) is 4.79 Å². The molecule has 2 aromatic carbocycles. The maximum atomic E-state index is 12.4. The Labute approximate surface area is 164 Å². The first-order chi connectivity index (χ1) is 13.7. The molecule has 0 aliphatic rings. The average molecular weight is 403 g/mol. The summed E-state index contributed by atoms with van der Waals surface area (Å²) in [5.41, 5.74) is 7.16. The van der Waals surface area contributed by atoms with Gasteiger partial charge in [0.15, 0.2) is 0 Å². The first-order valence-electron chi connectivity index (χ1n) is 8.38. The van der Waals surface area contributed by atoms with Crippen LogP contribution in [0.1, 0.15) is 16.1 Å². The monoisotopic (exact) mass is 403 g/mol. The molecule has 0 aliphatic heterocycles. The lowest BCUT2D eigenvalue weighted by Crippen LogP contribution is -2.16. The number of halogens is 3. The fourth-order valence-corrected chi connectivity index (χ4v) is 2.45. The molecule has 0 bridgehead atoms. The molecule has 6 nitrogen and oxygen atoms in total. The number of nitrogens with one attached hydrogen (secondary N) is 1. The van der Waals surface area contributed by atoms with Crippen LogP contribution in [0, 0.1) is 6.92 Å². The van der Waals surface area contributed by atoms with Gasteiger partial charge in [-0.25, -0.2) is 4.98 Å². The van der Waals surface area contributed by atoms with Crippen LogP contribution in [0.2, 0.25) is 0 Å². The molecule has 0 unspecified atom stereocenters. The van der Waals surface area contributed by atoms with Gasteiger partial charge in [0.25, 0.3) is 5.91 Å². The highest BCUT2D eigenvalue weighted by Crippen LogP contribution is 2.28. The van der Waals surface area contributed by atoms with Crippen molar-refractivity contribution >= 4 is 17.4 Å². The van der Waals surface area contributed by atoms with E-state index in [4.69, 9.17) is 10.5 Å². The highest BCUT2D eigenvalue weighted by atomic mass is 19.4. The number of nitrogens with zero attached hydrogens (tertiary/aromatic N) is 1. The number of anilines is 2. The van der Waals surface area contributed by atoms with E-state index >= 15 is 0 Å². The Kier molecular flexibility index (Phi) is 5.58. The van der Waals surface area contributed by atoms with Crippen molar-refractivity contribution in [1.82, 2.24) is 4.98 Å². The van der Waals surface area contributed by atoms with Crippen molar-refractivity contribution in [1.29, 1.82) is 0 Å². The number of nitrogen functional groups attached to an aromatic ring is 1. The van der Waals surface area contributed by atoms with E-state index in [1.54, 1.807) is 43.3 Å². The second-order valence-corrected chi connectivity index (χ2v) is 5.99. The van der Waals surface area contributed by atoms with Crippen LogP contribution in [0.4, 0.5) is 24.7 Å². The van der Waals surface area contributed by atoms with Crippen molar-refractivity contribution < 1.29 is 27.4 Å². The number of pyridine rings is 1. The van der Waals surface area contributed by atoms with E-state index in [2.05, 4.69) is 15.0 Å². The molecular weight excluding hydrogens is 387 g/mol. The number of carbonyl (C=O) groups excluding carboxylic acids is 1. The zero-order valence-corrected chi connectivity index (χ0v) is 15.2. The van der Waals surface area contributed by atoms with E-state index in [0.29, 0.717) is 22.9 Å². The minimum atomic E-state index is -4.76. The predicted octanol–water partition coefficient (Wildman–Crippen LogP) is 4.92. The van der Waals surface area contributed by atoms with Crippen LogP contribution in [0.3, 0.4) is 0 Å². The largest absolute Gasteiger partial charge is 0.573 e. The topological polar surface area (TPSA) is 86.5 Å². The van der Waals surface area contributed by atoms with Gasteiger partial charge >= 0.3 is 6.36 Å². The molecule has 0 atom stereocenters. The van der Waals surface area contributed by atoms with Gasteiger partial charge in [0.2, 0.25) is 0 Å². The number of benzene rings is 2. The number of hydrogen-bond donors (Lipinski definition) is 2. The molecule has 3 aromatic rings. The molecule has 1 heterocycles. The van der Waals surface area contributed by atoms with Crippen LogP contribution in [0.15, 0.2) is 60.7 Å². The molecule has 0 aliphatic carbocycles. The number of aryl methyl sites for hydroxylation is 1. The standard InChI is InChI=1S/C20H16F3N3O3/c1-12-5-10-17(18(24)25-12)19(27)26-13-3-2-4-16(11-13)28-14-6-8-15(9-7-14)29-20(21,22)23/h2-11H,1H3,(H2,24,25)(H,26,27). The van der Waals surface area contributed by atoms with Gasteiger partial charge in [-0.1, -0.05) is 6.07 Å². The molecule has 9 heteroatoms. The van der Waals surface area contributed by atoms with Gasteiger partial charge in [-0.15, -0.1) is 13.2 Å². The zero-order chi connectivity index (χ0) is 21.0. The van der Waals surface area contributed by atoms with Gasteiger partial charge in [0.05, 0.1) is 5.56 Å². The minimum absolute atomic E-state index is 0.121. The van der Waals surface area contributed by atoms with Gasteiger partial charge in [-0.2, -0.15) is 0 Å². The fourth-order valence-electron chi connectivity index (χ4n) is 2.45. The van der Waals surface area contributed by atoms with E-state index in [0.717, 1.165) is 12.1 Å². The summed E-state index contributed by atoms with van der Waals surface area (Å²) in [5, 5.41) is 2.70. The van der Waals surface area contributed by atoms with Crippen molar-refractivity contribution in [2.75, 3.05) is 11.1 Å². The van der Waals surface area contributed by atoms with Crippen LogP contribution in [0.5, 0.6) is 17.2 Å². The van der Waals surface area contributed by atoms with Crippen molar-refractivity contribution in [2.45, 2.75) is 13.3 Å². The van der Waals surface area contributed by atoms with Gasteiger partial charge < -0.3 is 20.5 Å². The smallest absolute Gasteiger partial charge is 0.457 e. The van der Waals surface area contributed by atoms with Crippen LogP contribution >= 0.6 is 0 Å². The Bertz CT molecular complexity index is 1020. The summed E-state index contributed by atoms with van der Waals surface area (Å²) in [6.45, 7) is 1.76. The first-order valence-corrected chi connectivity index (χ1v) is 8.38. The molecule has 3 N–H and O–H groups in total. The number of alkyl halides is 3. The Hall–Kier alpha value is -3.75. The summed E-state index contributed by atoms with van der Waals surface area (Å²) < 4.78 is 46.0. The summed E-state index contributed by atoms with van der Waals surface area (Å²) in [6, 6.07) is 14.7. The van der Waals surface area contributed by atoms with Crippen molar-refractivity contribution in [2.24, 2.45) is 0 Å². The van der Waals surface area contributed by atoms with Crippen molar-refractivity contribution in [3.63, 3.8) is 0 Å². The van der Waals surface area contributed by atoms with E-state index < -0.39 is 12.3 Å². The first kappa shape index (κ1) is 20.0. The van der Waals surface area contributed by atoms with E-state index in [-0.39, 0.29) is 17.1 Å². The fraction of sp³-hybridized carbons (Fsp3) is 0.100. The molecule has 0 spiro atoms. The van der Waals surface area contributed by atoms with Crippen LogP contribution in [-0.2, 0) is 0 Å². The third kappa shape index (κ3) is 5.61. The predicted molar refractivity (Wildman–Crippen MR) is 101 cm³/mol. The highest BCUT2D eigenvalue weighted by molar-refractivity contribution is 6.07. The van der Waals surface area contributed by atoms with Crippen LogP contribution < -0.4 is 20.5 Å². The summed E-state index contributed by atoms with van der Waals surface area (Å²) in [4.78, 5) is 16.4. The molecule has 1 aromatic heterocycles. The number of aromatic nitrogens is 1. The summed E-state index contributed by atoms with van der Waals surface area (Å²) in [5.74, 6) is 0.0179. The second kappa shape index (κ2) is 8.09. The second-order valence-electron chi connectivity index (χ2n) is 5.99. The summed E-state index contributed by atoms with van der Waals surface area (Å²) >= 11 is 0. The number of ether oxygens (including phenoxy) is 2. The number of hydrogen-bond acceptors (Lipinski definition) is 5. The molecule has 0 saturated carbocycles. The molecule has 0 saturated heterocycles. The Morgan fingerprint density at radius 1 is 1.00 bits per heavy atom. The lowest BCUT2D eigenvalue weighted by Gasteiger charge is -2.11. The lowest BCUT2D eigenvalue weighted by molar-refractivity contribution is -0.274. The van der Waals surface area contributed by atoms with E-state index in [1.165, 1.54) is 12.1 Å². The summed E-state index contributed by atoms with van der Waals surface area (Å²) in [6.07, 6.45) is -4.76. The molecular formula is C20H16F3N3O3. The Morgan fingerprint density at radius 3 is 2.34 bits per heavy atom. The molecule has 29 heavy (non-hydrogen) atoms. The molecule has 3 rings (SSSR count). The van der Waals surface area contributed by atoms with Gasteiger partial charge in [0.1, 0.15) is 23.1 Å². The third-order valence-electron chi connectivity index (χ3n) is 3.69. The quantitative estimate of drug-likeness (QED) is 0.632. The normalized spacial score (nSPS) is 11.0. The highest BCUT2D eigenvalue weighted by Gasteiger charge is 2.31. The summed E-state index contributed by atoms with van der Waals surface area (Å²) in [7, 11) is 0. The van der Waals surface area contributed by atoms with Gasteiger partial charge in [0, 0.05) is 17.4 Å². The average Bonchev–Trinajstić information content (AvgIpc) is 2.62. The van der Waals surface area contributed by atoms with E-state index in [1.807, 2.05) is 0 Å². The van der Waals surface area contributed by atoms with Crippen LogP contribution in [-0.4, -0.2) is 17.3 Å². The number of amides is 1. The molecule has 0 radical (unpaired) electrons. The zero-order valence-electron chi connectivity index (χ0n) is 15.2. The number of rotatable bonds is 5. The number of nitrogens with two attached hydrogens (primary N) is 1. The SMILES string of the molecule is Cc1ccc(C(=O)Nc2cccc(Oc3ccc(OC(F)(F)F)cc3)c2)c(N)n1. The third-order valence-corrected chi connectivity index (χ3v) is 3.69. The van der Waals surface area contributed by atoms with E-state index in [9.17, 15) is 18.0 Å². The lowest BCUT2D eigenvalue weighted by atomic mass is 10.2. The van der Waals surface area contributed by atoms with Crippen molar-refractivity contribution in [3.8, 4) is 17.2 Å². The van der Waals surface area contributed by atoms with Gasteiger partial charge in [-0.05, 0) is 55.5 Å². The molecule has 150 valence electrons. The Balaban J connectivity index is 1.68. The van der Waals surface area contributed by atoms with Crippen LogP contribution in [0.25, 0.3) is 0 Å². The number of carbonyl (C=O) groups is 1. The molecule has 1 amide bonds. The molecule has 0 fully saturated rings.